The fraction of sp³-hybridized carbons (Fsp3) is 0.650. The summed E-state index contributed by atoms with van der Waals surface area (Å²) < 4.78 is 32.4. The Morgan fingerprint density at radius 3 is 2.81 bits per heavy atom. The number of benzene rings is 1. The van der Waals surface area contributed by atoms with Crippen molar-refractivity contribution in [1.82, 2.24) is 9.80 Å². The minimum atomic E-state index is -2.57. The number of ether oxygens (including phenoxy) is 2. The third-order valence-electron chi connectivity index (χ3n) is 4.57. The Bertz CT molecular complexity index is 718. The molecule has 1 aliphatic rings. The van der Waals surface area contributed by atoms with E-state index in [-0.39, 0.29) is 11.7 Å². The van der Waals surface area contributed by atoms with Crippen LogP contribution in [0.2, 0.25) is 0 Å². The highest BCUT2D eigenvalue weighted by atomic mass is 16.6. The monoisotopic (exact) mass is 367 g/mol. The molecule has 26 heavy (non-hydrogen) atoms. The molecular weight excluding hydrogens is 332 g/mol. The summed E-state index contributed by atoms with van der Waals surface area (Å²) in [6.07, 6.45) is -0.0927. The third kappa shape index (κ3) is 4.89. The molecule has 0 saturated carbocycles. The number of aliphatic hydroxyl groups is 1. The van der Waals surface area contributed by atoms with Gasteiger partial charge in [-0.1, -0.05) is 12.1 Å². The quantitative estimate of drug-likeness (QED) is 0.887. The second-order valence-corrected chi connectivity index (χ2v) is 8.19. The Labute approximate surface area is 160 Å². The predicted molar refractivity (Wildman–Crippen MR) is 101 cm³/mol. The predicted octanol–water partition coefficient (Wildman–Crippen LogP) is 2.70. The van der Waals surface area contributed by atoms with E-state index in [1.165, 1.54) is 0 Å². The average Bonchev–Trinajstić information content (AvgIpc) is 2.53. The molecule has 2 rings (SSSR count). The van der Waals surface area contributed by atoms with Crippen LogP contribution in [0.5, 0.6) is 5.75 Å². The first-order valence-electron chi connectivity index (χ1n) is 10.3. The second-order valence-electron chi connectivity index (χ2n) is 8.19. The van der Waals surface area contributed by atoms with Crippen LogP contribution in [0, 0.1) is 5.92 Å². The number of carbonyl (C=O) groups excluding carboxylic acids is 1. The molecule has 146 valence electrons. The molecule has 2 unspecified atom stereocenters. The molecule has 1 fully saturated rings. The molecule has 0 radical (unpaired) electrons. The van der Waals surface area contributed by atoms with Gasteiger partial charge >= 0.3 is 6.09 Å². The van der Waals surface area contributed by atoms with Crippen molar-refractivity contribution in [2.24, 2.45) is 5.92 Å². The van der Waals surface area contributed by atoms with E-state index in [2.05, 4.69) is 0 Å². The molecule has 1 amide bonds. The summed E-state index contributed by atoms with van der Waals surface area (Å²) >= 11 is 0. The minimum absolute atomic E-state index is 0.175. The number of carbonyl (C=O) groups is 1. The molecule has 1 N–H and O–H groups in total. The van der Waals surface area contributed by atoms with E-state index in [0.29, 0.717) is 31.6 Å². The van der Waals surface area contributed by atoms with Crippen LogP contribution in [0.4, 0.5) is 4.79 Å². The molecule has 1 aliphatic heterocycles. The SMILES string of the molecule is [2H]C([2H])([2H])Oc1cccc(C2(O)CCN(C(=O)OC(C)(C)C)CC2CN(C)C)c1. The van der Waals surface area contributed by atoms with E-state index in [0.717, 1.165) is 0 Å². The third-order valence-corrected chi connectivity index (χ3v) is 4.57. The largest absolute Gasteiger partial charge is 0.497 e. The van der Waals surface area contributed by atoms with E-state index in [1.807, 2.05) is 39.8 Å². The van der Waals surface area contributed by atoms with E-state index in [1.54, 1.807) is 29.2 Å². The van der Waals surface area contributed by atoms with Crippen molar-refractivity contribution in [3.8, 4) is 5.75 Å². The average molecular weight is 368 g/mol. The van der Waals surface area contributed by atoms with Gasteiger partial charge in [-0.05, 0) is 59.0 Å². The van der Waals surface area contributed by atoms with E-state index < -0.39 is 24.3 Å². The Morgan fingerprint density at radius 2 is 2.19 bits per heavy atom. The first-order valence-corrected chi connectivity index (χ1v) is 8.84. The molecule has 6 heteroatoms. The van der Waals surface area contributed by atoms with Crippen molar-refractivity contribution in [2.45, 2.75) is 38.4 Å². The van der Waals surface area contributed by atoms with Crippen molar-refractivity contribution in [3.63, 3.8) is 0 Å². The normalized spacial score (nSPS) is 26.0. The lowest BCUT2D eigenvalue weighted by Crippen LogP contribution is -2.55. The molecule has 1 aromatic carbocycles. The molecule has 0 spiro atoms. The van der Waals surface area contributed by atoms with Gasteiger partial charge < -0.3 is 24.4 Å². The van der Waals surface area contributed by atoms with Crippen LogP contribution in [0.3, 0.4) is 0 Å². The zero-order chi connectivity index (χ0) is 22.0. The highest BCUT2D eigenvalue weighted by molar-refractivity contribution is 5.68. The smallest absolute Gasteiger partial charge is 0.410 e. The topological polar surface area (TPSA) is 62.2 Å². The molecule has 1 saturated heterocycles. The number of hydrogen-bond acceptors (Lipinski definition) is 5. The number of amides is 1. The molecular formula is C20H32N2O4. The van der Waals surface area contributed by atoms with Gasteiger partial charge in [0.05, 0.1) is 16.8 Å². The van der Waals surface area contributed by atoms with Gasteiger partial charge in [-0.3, -0.25) is 0 Å². The zero-order valence-corrected chi connectivity index (χ0v) is 16.3. The van der Waals surface area contributed by atoms with Gasteiger partial charge in [0.1, 0.15) is 11.4 Å². The maximum atomic E-state index is 12.5. The van der Waals surface area contributed by atoms with Crippen LogP contribution in [0.25, 0.3) is 0 Å². The molecule has 1 heterocycles. The van der Waals surface area contributed by atoms with Crippen LogP contribution in [0.15, 0.2) is 24.3 Å². The number of methoxy groups -OCH3 is 1. The van der Waals surface area contributed by atoms with Crippen molar-refractivity contribution < 1.29 is 23.5 Å². The van der Waals surface area contributed by atoms with Crippen molar-refractivity contribution in [1.29, 1.82) is 0 Å². The summed E-state index contributed by atoms with van der Waals surface area (Å²) in [7, 11) is 1.24. The fourth-order valence-corrected chi connectivity index (χ4v) is 3.37. The van der Waals surface area contributed by atoms with Crippen LogP contribution in [0.1, 0.15) is 36.9 Å². The van der Waals surface area contributed by atoms with Crippen LogP contribution in [-0.2, 0) is 10.3 Å². The van der Waals surface area contributed by atoms with Gasteiger partial charge in [-0.2, -0.15) is 0 Å². The number of piperidine rings is 1. The van der Waals surface area contributed by atoms with Gasteiger partial charge in [0.15, 0.2) is 0 Å². The Hall–Kier alpha value is -1.79. The molecule has 0 bridgehead atoms. The first kappa shape index (κ1) is 16.4. The maximum Gasteiger partial charge on any atom is 0.410 e. The lowest BCUT2D eigenvalue weighted by molar-refractivity contribution is -0.0855. The molecule has 0 aliphatic carbocycles. The molecule has 0 aromatic heterocycles. The van der Waals surface area contributed by atoms with E-state index >= 15 is 0 Å². The van der Waals surface area contributed by atoms with Crippen molar-refractivity contribution in [3.05, 3.63) is 29.8 Å². The molecule has 6 nitrogen and oxygen atoms in total. The number of hydrogen-bond donors (Lipinski definition) is 1. The Kier molecular flexibility index (Phi) is 4.94. The summed E-state index contributed by atoms with van der Waals surface area (Å²) in [4.78, 5) is 16.1. The van der Waals surface area contributed by atoms with Gasteiger partial charge in [0.25, 0.3) is 0 Å². The number of likely N-dealkylation sites (tertiary alicyclic amines) is 1. The van der Waals surface area contributed by atoms with Gasteiger partial charge in [0.2, 0.25) is 0 Å². The van der Waals surface area contributed by atoms with Crippen LogP contribution in [-0.4, -0.2) is 67.4 Å². The summed E-state index contributed by atoms with van der Waals surface area (Å²) in [5, 5.41) is 11.6. The Morgan fingerprint density at radius 1 is 1.46 bits per heavy atom. The van der Waals surface area contributed by atoms with Crippen molar-refractivity contribution >= 4 is 6.09 Å². The summed E-state index contributed by atoms with van der Waals surface area (Å²) in [6, 6.07) is 6.55. The highest BCUT2D eigenvalue weighted by Gasteiger charge is 2.45. The van der Waals surface area contributed by atoms with Crippen LogP contribution >= 0.6 is 0 Å². The standard InChI is InChI=1S/C20H32N2O4/c1-19(2,3)26-18(23)22-11-10-20(24,16(14-22)13-21(4)5)15-8-7-9-17(12-15)25-6/h7-9,12,16,24H,10-11,13-14H2,1-6H3/i6D3. The second kappa shape index (κ2) is 7.84. The van der Waals surface area contributed by atoms with E-state index in [9.17, 15) is 9.90 Å². The lowest BCUT2D eigenvalue weighted by atomic mass is 9.75. The summed E-state index contributed by atoms with van der Waals surface area (Å²) in [5.41, 5.74) is -1.24. The molecule has 1 aromatic rings. The summed E-state index contributed by atoms with van der Waals surface area (Å²) in [5.74, 6) is -0.115. The van der Waals surface area contributed by atoms with Gasteiger partial charge in [-0.25, -0.2) is 4.79 Å². The first-order chi connectivity index (χ1) is 13.2. The van der Waals surface area contributed by atoms with Crippen molar-refractivity contribution in [2.75, 3.05) is 40.8 Å². The zero-order valence-electron chi connectivity index (χ0n) is 19.3. The minimum Gasteiger partial charge on any atom is -0.497 e. The van der Waals surface area contributed by atoms with Gasteiger partial charge in [-0.15, -0.1) is 0 Å². The molecule has 2 atom stereocenters. The maximum absolute atomic E-state index is 12.5. The highest BCUT2D eigenvalue weighted by Crippen LogP contribution is 2.39. The Balaban J connectivity index is 2.28. The number of nitrogens with zero attached hydrogens (tertiary/aromatic N) is 2. The number of rotatable bonds is 4. The lowest BCUT2D eigenvalue weighted by Gasteiger charge is -2.46. The van der Waals surface area contributed by atoms with E-state index in [4.69, 9.17) is 13.6 Å². The fourth-order valence-electron chi connectivity index (χ4n) is 3.37. The summed E-state index contributed by atoms with van der Waals surface area (Å²) in [6.45, 7) is 6.66. The van der Waals surface area contributed by atoms with Crippen LogP contribution < -0.4 is 4.74 Å². The van der Waals surface area contributed by atoms with Gasteiger partial charge in [0, 0.05) is 25.6 Å².